The van der Waals surface area contributed by atoms with E-state index in [9.17, 15) is 10.1 Å². The third-order valence-electron chi connectivity index (χ3n) is 4.43. The summed E-state index contributed by atoms with van der Waals surface area (Å²) in [5.41, 5.74) is 2.72. The van der Waals surface area contributed by atoms with Crippen LogP contribution in [0.3, 0.4) is 0 Å². The van der Waals surface area contributed by atoms with Crippen LogP contribution in [0.4, 0.5) is 0 Å². The number of nitriles is 1. The first-order valence-corrected chi connectivity index (χ1v) is 9.97. The Morgan fingerprint density at radius 3 is 2.90 bits per heavy atom. The maximum Gasteiger partial charge on any atom is 0.343 e. The van der Waals surface area contributed by atoms with Crippen molar-refractivity contribution < 1.29 is 13.9 Å². The number of nitrogens with zero attached hydrogens (tertiary/aromatic N) is 4. The minimum atomic E-state index is -0.531. The van der Waals surface area contributed by atoms with Gasteiger partial charge in [-0.05, 0) is 37.4 Å². The quantitative estimate of drug-likeness (QED) is 0.279. The maximum atomic E-state index is 12.8. The van der Waals surface area contributed by atoms with Crippen molar-refractivity contribution in [2.45, 2.75) is 18.6 Å². The molecule has 0 unspecified atom stereocenters. The summed E-state index contributed by atoms with van der Waals surface area (Å²) in [6.45, 7) is 1.72. The summed E-state index contributed by atoms with van der Waals surface area (Å²) in [5.74, 6) is 0.415. The lowest BCUT2D eigenvalue weighted by atomic mass is 10.2. The van der Waals surface area contributed by atoms with Gasteiger partial charge in [0.25, 0.3) is 0 Å². The van der Waals surface area contributed by atoms with E-state index in [1.165, 1.54) is 11.8 Å². The fourth-order valence-corrected chi connectivity index (χ4v) is 3.69. The highest BCUT2D eigenvalue weighted by Gasteiger charge is 2.22. The molecular weight excluding hydrogens is 388 g/mol. The molecular formula is C21H16N4O3S. The number of esters is 1. The summed E-state index contributed by atoms with van der Waals surface area (Å²) in [5, 5.41) is 10.0. The number of hydrogen-bond donors (Lipinski definition) is 0. The molecule has 0 aliphatic heterocycles. The second kappa shape index (κ2) is 7.81. The highest BCUT2D eigenvalue weighted by Crippen LogP contribution is 2.26. The van der Waals surface area contributed by atoms with E-state index in [0.717, 1.165) is 5.52 Å². The fourth-order valence-electron chi connectivity index (χ4n) is 3.08. The van der Waals surface area contributed by atoms with Gasteiger partial charge in [0.05, 0.1) is 23.0 Å². The third kappa shape index (κ3) is 3.48. The Bertz CT molecular complexity index is 1240. The smallest absolute Gasteiger partial charge is 0.343 e. The molecule has 0 fully saturated rings. The van der Waals surface area contributed by atoms with Crippen molar-refractivity contribution in [2.75, 3.05) is 6.26 Å². The van der Waals surface area contributed by atoms with Gasteiger partial charge in [-0.3, -0.25) is 0 Å². The number of carbonyl (C=O) groups is 1. The Balaban J connectivity index is 1.62. The maximum absolute atomic E-state index is 12.8. The monoisotopic (exact) mass is 404 g/mol. The Kier molecular flexibility index (Phi) is 5.06. The van der Waals surface area contributed by atoms with Crippen molar-refractivity contribution in [3.8, 4) is 17.7 Å². The number of hydrogen-bond acceptors (Lipinski definition) is 7. The van der Waals surface area contributed by atoms with E-state index in [4.69, 9.17) is 9.15 Å². The van der Waals surface area contributed by atoms with E-state index < -0.39 is 5.97 Å². The van der Waals surface area contributed by atoms with E-state index in [2.05, 4.69) is 16.0 Å². The van der Waals surface area contributed by atoms with Crippen molar-refractivity contribution in [3.63, 3.8) is 0 Å². The van der Waals surface area contributed by atoms with Gasteiger partial charge < -0.3 is 13.6 Å². The first-order valence-electron chi connectivity index (χ1n) is 8.74. The predicted molar refractivity (Wildman–Crippen MR) is 107 cm³/mol. The highest BCUT2D eigenvalue weighted by molar-refractivity contribution is 7.98. The van der Waals surface area contributed by atoms with Crippen molar-refractivity contribution in [3.05, 3.63) is 71.4 Å². The molecule has 4 aromatic heterocycles. The van der Waals surface area contributed by atoms with E-state index in [1.807, 2.05) is 35.1 Å². The molecule has 144 valence electrons. The molecule has 0 N–H and O–H groups in total. The molecule has 29 heavy (non-hydrogen) atoms. The van der Waals surface area contributed by atoms with Crippen LogP contribution < -0.4 is 0 Å². The summed E-state index contributed by atoms with van der Waals surface area (Å²) >= 11 is 1.33. The van der Waals surface area contributed by atoms with Crippen LogP contribution in [-0.2, 0) is 11.3 Å². The summed E-state index contributed by atoms with van der Waals surface area (Å²) in [4.78, 5) is 21.6. The van der Waals surface area contributed by atoms with Crippen LogP contribution >= 0.6 is 11.8 Å². The van der Waals surface area contributed by atoms with Crippen molar-refractivity contribution >= 4 is 23.2 Å². The predicted octanol–water partition coefficient (Wildman–Crippen LogP) is 4.25. The number of rotatable bonds is 5. The molecule has 0 bridgehead atoms. The zero-order chi connectivity index (χ0) is 20.4. The Morgan fingerprint density at radius 1 is 1.31 bits per heavy atom. The molecule has 0 saturated carbocycles. The van der Waals surface area contributed by atoms with Crippen molar-refractivity contribution in [1.82, 2.24) is 14.4 Å². The number of pyridine rings is 1. The van der Waals surface area contributed by atoms with E-state index >= 15 is 0 Å². The molecule has 4 aromatic rings. The zero-order valence-electron chi connectivity index (χ0n) is 15.7. The standard InChI is InChI=1S/C21H16N4O3S/c1-13-18(20(29-2)24-19(23-13)17-7-5-9-27-17)21(26)28-12-14-11-25-8-4-3-6-16(25)15(14)10-22/h3-9,11H,12H2,1-2H3. The van der Waals surface area contributed by atoms with Gasteiger partial charge in [-0.25, -0.2) is 14.8 Å². The lowest BCUT2D eigenvalue weighted by Crippen LogP contribution is -2.12. The number of furan rings is 1. The summed E-state index contributed by atoms with van der Waals surface area (Å²) in [6, 6.07) is 11.3. The van der Waals surface area contributed by atoms with Crippen LogP contribution in [0.25, 0.3) is 17.1 Å². The molecule has 0 spiro atoms. The van der Waals surface area contributed by atoms with E-state index in [-0.39, 0.29) is 6.61 Å². The minimum absolute atomic E-state index is 0.0173. The summed E-state index contributed by atoms with van der Waals surface area (Å²) < 4.78 is 12.7. The molecule has 8 heteroatoms. The number of thioether (sulfide) groups is 1. The summed E-state index contributed by atoms with van der Waals surface area (Å²) in [7, 11) is 0. The lowest BCUT2D eigenvalue weighted by molar-refractivity contribution is 0.0466. The first-order chi connectivity index (χ1) is 14.1. The van der Waals surface area contributed by atoms with Crippen molar-refractivity contribution in [2.24, 2.45) is 0 Å². The van der Waals surface area contributed by atoms with Crippen LogP contribution in [0, 0.1) is 18.3 Å². The molecule has 0 aliphatic rings. The van der Waals surface area contributed by atoms with Gasteiger partial charge in [-0.15, -0.1) is 11.8 Å². The molecule has 4 heterocycles. The third-order valence-corrected chi connectivity index (χ3v) is 5.11. The SMILES string of the molecule is CSc1nc(-c2ccco2)nc(C)c1C(=O)OCc1cn2ccccc2c1C#N. The lowest BCUT2D eigenvalue weighted by Gasteiger charge is -2.11. The summed E-state index contributed by atoms with van der Waals surface area (Å²) in [6.07, 6.45) is 7.01. The number of carbonyl (C=O) groups excluding carboxylic acids is 1. The van der Waals surface area contributed by atoms with Crippen LogP contribution in [0.1, 0.15) is 27.2 Å². The average molecular weight is 404 g/mol. The molecule has 0 aromatic carbocycles. The Hall–Kier alpha value is -3.57. The fraction of sp³-hybridized carbons (Fsp3) is 0.143. The topological polar surface area (TPSA) is 93.4 Å². The Morgan fingerprint density at radius 2 is 2.17 bits per heavy atom. The van der Waals surface area contributed by atoms with E-state index in [0.29, 0.717) is 39.0 Å². The van der Waals surface area contributed by atoms with Crippen LogP contribution in [0.5, 0.6) is 0 Å². The van der Waals surface area contributed by atoms with Gasteiger partial charge in [-0.2, -0.15) is 5.26 Å². The number of aromatic nitrogens is 3. The van der Waals surface area contributed by atoms with E-state index in [1.54, 1.807) is 31.5 Å². The molecule has 0 atom stereocenters. The molecule has 0 saturated heterocycles. The second-order valence-electron chi connectivity index (χ2n) is 6.20. The van der Waals surface area contributed by atoms with Gasteiger partial charge in [0.15, 0.2) is 11.6 Å². The van der Waals surface area contributed by atoms with Gasteiger partial charge in [0, 0.05) is 18.0 Å². The first kappa shape index (κ1) is 18.8. The van der Waals surface area contributed by atoms with Gasteiger partial charge >= 0.3 is 5.97 Å². The largest absolute Gasteiger partial charge is 0.461 e. The molecule has 0 radical (unpaired) electrons. The minimum Gasteiger partial charge on any atom is -0.461 e. The number of ether oxygens (including phenoxy) is 1. The van der Waals surface area contributed by atoms with Gasteiger partial charge in [0.2, 0.25) is 0 Å². The van der Waals surface area contributed by atoms with Crippen LogP contribution in [0.15, 0.2) is 58.4 Å². The second-order valence-corrected chi connectivity index (χ2v) is 7.00. The van der Waals surface area contributed by atoms with Gasteiger partial charge in [0.1, 0.15) is 23.3 Å². The molecule has 4 rings (SSSR count). The number of fused-ring (bicyclic) bond motifs is 1. The Labute approximate surface area is 171 Å². The highest BCUT2D eigenvalue weighted by atomic mass is 32.2. The van der Waals surface area contributed by atoms with Crippen LogP contribution in [-0.4, -0.2) is 26.6 Å². The van der Waals surface area contributed by atoms with Gasteiger partial charge in [-0.1, -0.05) is 6.07 Å². The molecule has 7 nitrogen and oxygen atoms in total. The van der Waals surface area contributed by atoms with Crippen molar-refractivity contribution in [1.29, 1.82) is 5.26 Å². The molecule has 0 amide bonds. The zero-order valence-corrected chi connectivity index (χ0v) is 16.6. The van der Waals surface area contributed by atoms with Crippen LogP contribution in [0.2, 0.25) is 0 Å². The average Bonchev–Trinajstić information content (AvgIpc) is 3.38. The number of aryl methyl sites for hydroxylation is 1. The normalized spacial score (nSPS) is 10.8. The molecule has 0 aliphatic carbocycles.